The van der Waals surface area contributed by atoms with E-state index in [1.165, 1.54) is 0 Å². The molecule has 1 aliphatic rings. The molecule has 0 radical (unpaired) electrons. The topological polar surface area (TPSA) is 84.1 Å². The van der Waals surface area contributed by atoms with Gasteiger partial charge in [-0.1, -0.05) is 0 Å². The summed E-state index contributed by atoms with van der Waals surface area (Å²) in [6.45, 7) is 3.06. The lowest BCUT2D eigenvalue weighted by molar-refractivity contribution is -0.121. The third-order valence-electron chi connectivity index (χ3n) is 3.26. The van der Waals surface area contributed by atoms with E-state index in [1.807, 2.05) is 11.8 Å². The summed E-state index contributed by atoms with van der Waals surface area (Å²) in [7, 11) is 1.66. The van der Waals surface area contributed by atoms with Crippen molar-refractivity contribution in [3.05, 3.63) is 17.6 Å². The number of amides is 1. The van der Waals surface area contributed by atoms with Crippen molar-refractivity contribution in [1.29, 1.82) is 0 Å². The van der Waals surface area contributed by atoms with Gasteiger partial charge in [-0.05, 0) is 19.8 Å². The number of aromatic nitrogens is 2. The fourth-order valence-electron chi connectivity index (χ4n) is 2.34. The second kappa shape index (κ2) is 5.30. The maximum absolute atomic E-state index is 11.9. The van der Waals surface area contributed by atoms with Crippen molar-refractivity contribution >= 4 is 11.7 Å². The van der Waals surface area contributed by atoms with Gasteiger partial charge in [0.2, 0.25) is 5.91 Å². The van der Waals surface area contributed by atoms with Gasteiger partial charge in [0.15, 0.2) is 0 Å². The van der Waals surface area contributed by atoms with Crippen molar-refractivity contribution < 1.29 is 4.79 Å². The zero-order chi connectivity index (χ0) is 13.1. The predicted molar refractivity (Wildman–Crippen MR) is 69.1 cm³/mol. The largest absolute Gasteiger partial charge is 0.357 e. The molecule has 2 heterocycles. The second-order valence-corrected chi connectivity index (χ2v) is 4.44. The van der Waals surface area contributed by atoms with E-state index in [0.717, 1.165) is 30.8 Å². The Kier molecular flexibility index (Phi) is 3.76. The molecule has 1 unspecified atom stereocenters. The molecule has 6 nitrogen and oxygen atoms in total. The number of carbonyl (C=O) groups excluding carboxylic acids is 1. The van der Waals surface area contributed by atoms with Crippen LogP contribution in [0.15, 0.2) is 6.20 Å². The van der Waals surface area contributed by atoms with E-state index in [9.17, 15) is 4.79 Å². The van der Waals surface area contributed by atoms with Crippen LogP contribution in [0.4, 0.5) is 5.82 Å². The fraction of sp³-hybridized carbons (Fsp3) is 0.583. The van der Waals surface area contributed by atoms with E-state index in [2.05, 4.69) is 15.3 Å². The second-order valence-electron chi connectivity index (χ2n) is 4.44. The normalized spacial score (nSPS) is 19.1. The van der Waals surface area contributed by atoms with Crippen LogP contribution in [0.1, 0.15) is 24.2 Å². The van der Waals surface area contributed by atoms with Gasteiger partial charge < -0.3 is 16.0 Å². The van der Waals surface area contributed by atoms with Crippen LogP contribution >= 0.6 is 0 Å². The first kappa shape index (κ1) is 12.8. The van der Waals surface area contributed by atoms with Crippen molar-refractivity contribution in [2.75, 3.05) is 18.5 Å². The molecule has 0 aliphatic carbocycles. The lowest BCUT2D eigenvalue weighted by Crippen LogP contribution is -2.43. The minimum atomic E-state index is -0.144. The minimum Gasteiger partial charge on any atom is -0.357 e. The van der Waals surface area contributed by atoms with Gasteiger partial charge in [-0.25, -0.2) is 9.97 Å². The lowest BCUT2D eigenvalue weighted by Gasteiger charge is -2.26. The average molecular weight is 249 g/mol. The number of nitrogens with two attached hydrogens (primary N) is 1. The highest BCUT2D eigenvalue weighted by atomic mass is 16.2. The number of likely N-dealkylation sites (N-methyl/N-ethyl adjacent to an activating group) is 1. The molecule has 1 saturated heterocycles. The van der Waals surface area contributed by atoms with Crippen LogP contribution in [-0.2, 0) is 11.3 Å². The number of nitrogens with zero attached hydrogens (tertiary/aromatic N) is 3. The highest BCUT2D eigenvalue weighted by molar-refractivity contribution is 5.85. The van der Waals surface area contributed by atoms with Gasteiger partial charge in [-0.3, -0.25) is 4.79 Å². The molecule has 98 valence electrons. The molecule has 1 amide bonds. The molecule has 6 heteroatoms. The van der Waals surface area contributed by atoms with E-state index in [-0.39, 0.29) is 11.9 Å². The summed E-state index contributed by atoms with van der Waals surface area (Å²) in [6, 6.07) is -0.144. The maximum Gasteiger partial charge on any atom is 0.242 e. The van der Waals surface area contributed by atoms with Crippen molar-refractivity contribution in [1.82, 2.24) is 15.3 Å². The van der Waals surface area contributed by atoms with Gasteiger partial charge in [-0.2, -0.15) is 0 Å². The number of aryl methyl sites for hydroxylation is 1. The molecule has 1 atom stereocenters. The Hall–Kier alpha value is -1.69. The smallest absolute Gasteiger partial charge is 0.242 e. The molecule has 2 rings (SSSR count). The molecule has 1 aliphatic heterocycles. The zero-order valence-electron chi connectivity index (χ0n) is 10.8. The number of anilines is 1. The third kappa shape index (κ3) is 2.28. The number of carbonyl (C=O) groups is 1. The Morgan fingerprint density at radius 3 is 3.11 bits per heavy atom. The molecule has 0 spiro atoms. The third-order valence-corrected chi connectivity index (χ3v) is 3.26. The van der Waals surface area contributed by atoms with Crippen LogP contribution in [0.5, 0.6) is 0 Å². The van der Waals surface area contributed by atoms with E-state index in [1.54, 1.807) is 13.2 Å². The monoisotopic (exact) mass is 249 g/mol. The number of hydrogen-bond acceptors (Lipinski definition) is 5. The Bertz CT molecular complexity index is 448. The Morgan fingerprint density at radius 2 is 2.44 bits per heavy atom. The molecule has 18 heavy (non-hydrogen) atoms. The van der Waals surface area contributed by atoms with Crippen molar-refractivity contribution in [2.45, 2.75) is 32.4 Å². The SMILES string of the molecule is CNC(=O)C1CCCN1c1nc(C)ncc1CN. The zero-order valence-corrected chi connectivity index (χ0v) is 10.8. The van der Waals surface area contributed by atoms with Gasteiger partial charge in [0.1, 0.15) is 17.7 Å². The van der Waals surface area contributed by atoms with Gasteiger partial charge >= 0.3 is 0 Å². The molecule has 0 aromatic carbocycles. The van der Waals surface area contributed by atoms with Gasteiger partial charge in [0.25, 0.3) is 0 Å². The number of hydrogen-bond donors (Lipinski definition) is 2. The summed E-state index contributed by atoms with van der Waals surface area (Å²) in [4.78, 5) is 22.5. The van der Waals surface area contributed by atoms with Gasteiger partial charge in [-0.15, -0.1) is 0 Å². The summed E-state index contributed by atoms with van der Waals surface area (Å²) < 4.78 is 0. The summed E-state index contributed by atoms with van der Waals surface area (Å²) in [5, 5.41) is 2.70. The average Bonchev–Trinajstić information content (AvgIpc) is 2.86. The molecule has 0 bridgehead atoms. The van der Waals surface area contributed by atoms with Gasteiger partial charge in [0, 0.05) is 31.9 Å². The van der Waals surface area contributed by atoms with Crippen molar-refractivity contribution in [3.8, 4) is 0 Å². The van der Waals surface area contributed by atoms with Crippen LogP contribution in [0.25, 0.3) is 0 Å². The molecule has 3 N–H and O–H groups in total. The molecule has 0 saturated carbocycles. The fourth-order valence-corrected chi connectivity index (χ4v) is 2.34. The van der Waals surface area contributed by atoms with Crippen LogP contribution in [0.3, 0.4) is 0 Å². The molecular weight excluding hydrogens is 230 g/mol. The molecular formula is C12H19N5O. The van der Waals surface area contributed by atoms with E-state index >= 15 is 0 Å². The van der Waals surface area contributed by atoms with Crippen molar-refractivity contribution in [2.24, 2.45) is 5.73 Å². The first-order chi connectivity index (χ1) is 8.67. The quantitative estimate of drug-likeness (QED) is 0.785. The molecule has 1 fully saturated rings. The Labute approximate surface area is 107 Å². The maximum atomic E-state index is 11.9. The Morgan fingerprint density at radius 1 is 1.67 bits per heavy atom. The predicted octanol–water partition coefficient (Wildman–Crippen LogP) is -0.0415. The highest BCUT2D eigenvalue weighted by Crippen LogP contribution is 2.26. The Balaban J connectivity index is 2.35. The van der Waals surface area contributed by atoms with Crippen molar-refractivity contribution in [3.63, 3.8) is 0 Å². The summed E-state index contributed by atoms with van der Waals surface area (Å²) >= 11 is 0. The number of nitrogens with one attached hydrogen (secondary N) is 1. The first-order valence-corrected chi connectivity index (χ1v) is 6.18. The molecule has 1 aromatic heterocycles. The molecule has 1 aromatic rings. The summed E-state index contributed by atoms with van der Waals surface area (Å²) in [5.74, 6) is 1.53. The minimum absolute atomic E-state index is 0.0340. The highest BCUT2D eigenvalue weighted by Gasteiger charge is 2.32. The van der Waals surface area contributed by atoms with E-state index < -0.39 is 0 Å². The van der Waals surface area contributed by atoms with Gasteiger partial charge in [0.05, 0.1) is 0 Å². The van der Waals surface area contributed by atoms with Crippen LogP contribution in [0, 0.1) is 6.92 Å². The summed E-state index contributed by atoms with van der Waals surface area (Å²) in [5.41, 5.74) is 6.60. The van der Waals surface area contributed by atoms with Crippen LogP contribution in [-0.4, -0.2) is 35.5 Å². The summed E-state index contributed by atoms with van der Waals surface area (Å²) in [6.07, 6.45) is 3.59. The lowest BCUT2D eigenvalue weighted by atomic mass is 10.2. The standard InChI is InChI=1S/C12H19N5O/c1-8-15-7-9(6-13)11(16-8)17-5-3-4-10(17)12(18)14-2/h7,10H,3-6,13H2,1-2H3,(H,14,18). The van der Waals surface area contributed by atoms with E-state index in [0.29, 0.717) is 12.4 Å². The van der Waals surface area contributed by atoms with E-state index in [4.69, 9.17) is 5.73 Å². The van der Waals surface area contributed by atoms with Crippen LogP contribution in [0.2, 0.25) is 0 Å². The number of rotatable bonds is 3. The first-order valence-electron chi connectivity index (χ1n) is 6.18. The van der Waals surface area contributed by atoms with Crippen LogP contribution < -0.4 is 16.0 Å².